The molecule has 0 bridgehead atoms. The second-order valence-corrected chi connectivity index (χ2v) is 6.72. The SMILES string of the molecule is CCC[Si](OCC)(OCC)C(O)CC. The molecule has 0 aromatic heterocycles. The Morgan fingerprint density at radius 1 is 1.07 bits per heavy atom. The third-order valence-electron chi connectivity index (χ3n) is 2.27. The summed E-state index contributed by atoms with van der Waals surface area (Å²) in [4.78, 5) is 0. The molecule has 0 fully saturated rings. The molecule has 4 heteroatoms. The van der Waals surface area contributed by atoms with Crippen molar-refractivity contribution in [1.82, 2.24) is 0 Å². The molecule has 0 heterocycles. The van der Waals surface area contributed by atoms with Crippen LogP contribution in [-0.2, 0) is 8.85 Å². The molecule has 0 saturated heterocycles. The van der Waals surface area contributed by atoms with E-state index in [-0.39, 0.29) is 0 Å². The quantitative estimate of drug-likeness (QED) is 0.638. The Bertz CT molecular complexity index is 124. The molecule has 1 unspecified atom stereocenters. The highest BCUT2D eigenvalue weighted by Crippen LogP contribution is 2.22. The fourth-order valence-electron chi connectivity index (χ4n) is 1.69. The van der Waals surface area contributed by atoms with E-state index in [9.17, 15) is 5.11 Å². The summed E-state index contributed by atoms with van der Waals surface area (Å²) in [7, 11) is -2.34. The molecule has 0 rings (SSSR count). The zero-order valence-electron chi connectivity index (χ0n) is 9.88. The summed E-state index contributed by atoms with van der Waals surface area (Å²) in [6, 6.07) is 0.879. The van der Waals surface area contributed by atoms with Crippen LogP contribution in [0.2, 0.25) is 6.04 Å². The topological polar surface area (TPSA) is 38.7 Å². The van der Waals surface area contributed by atoms with Crippen LogP contribution in [-0.4, -0.2) is 32.6 Å². The summed E-state index contributed by atoms with van der Waals surface area (Å²) in [5.41, 5.74) is -0.401. The van der Waals surface area contributed by atoms with E-state index in [1.807, 2.05) is 20.8 Å². The molecule has 14 heavy (non-hydrogen) atoms. The largest absolute Gasteiger partial charge is 0.393 e. The van der Waals surface area contributed by atoms with Crippen molar-refractivity contribution in [3.05, 3.63) is 0 Å². The molecular weight excluding hydrogens is 196 g/mol. The molecule has 0 amide bonds. The monoisotopic (exact) mass is 220 g/mol. The number of hydrogen-bond donors (Lipinski definition) is 1. The number of hydrogen-bond acceptors (Lipinski definition) is 3. The molecule has 0 aromatic carbocycles. The Labute approximate surface area is 88.7 Å². The van der Waals surface area contributed by atoms with Crippen LogP contribution < -0.4 is 0 Å². The minimum absolute atomic E-state index is 0.401. The van der Waals surface area contributed by atoms with E-state index < -0.39 is 14.3 Å². The Kier molecular flexibility index (Phi) is 7.45. The summed E-state index contributed by atoms with van der Waals surface area (Å²) in [5.74, 6) is 0. The van der Waals surface area contributed by atoms with Crippen LogP contribution in [0, 0.1) is 0 Å². The summed E-state index contributed by atoms with van der Waals surface area (Å²) in [6.07, 6.45) is 1.72. The fourth-order valence-corrected chi connectivity index (χ4v) is 5.08. The van der Waals surface area contributed by atoms with Gasteiger partial charge in [0.2, 0.25) is 0 Å². The first kappa shape index (κ1) is 14.1. The van der Waals surface area contributed by atoms with Crippen LogP contribution in [0.1, 0.15) is 40.5 Å². The first-order valence-corrected chi connectivity index (χ1v) is 7.72. The molecule has 0 aliphatic rings. The van der Waals surface area contributed by atoms with E-state index >= 15 is 0 Å². The van der Waals surface area contributed by atoms with E-state index in [0.29, 0.717) is 19.6 Å². The zero-order valence-corrected chi connectivity index (χ0v) is 10.9. The smallest absolute Gasteiger partial charge is 0.367 e. The van der Waals surface area contributed by atoms with Crippen molar-refractivity contribution in [2.24, 2.45) is 0 Å². The molecular formula is C10H24O3Si. The maximum atomic E-state index is 9.97. The van der Waals surface area contributed by atoms with E-state index in [2.05, 4.69) is 6.92 Å². The number of aliphatic hydroxyl groups excluding tert-OH is 1. The van der Waals surface area contributed by atoms with Gasteiger partial charge in [-0.25, -0.2) is 0 Å². The third-order valence-corrected chi connectivity index (χ3v) is 6.45. The molecule has 0 aromatic rings. The molecule has 3 nitrogen and oxygen atoms in total. The predicted molar refractivity (Wildman–Crippen MR) is 60.4 cm³/mol. The highest BCUT2D eigenvalue weighted by molar-refractivity contribution is 6.68. The lowest BCUT2D eigenvalue weighted by Gasteiger charge is -2.33. The molecule has 86 valence electrons. The van der Waals surface area contributed by atoms with Gasteiger partial charge in [0, 0.05) is 13.2 Å². The molecule has 0 aliphatic carbocycles. The van der Waals surface area contributed by atoms with Crippen molar-refractivity contribution in [3.8, 4) is 0 Å². The molecule has 0 radical (unpaired) electrons. The van der Waals surface area contributed by atoms with Crippen molar-refractivity contribution in [2.45, 2.75) is 52.3 Å². The zero-order chi connectivity index (χ0) is 11.0. The van der Waals surface area contributed by atoms with E-state index in [4.69, 9.17) is 8.85 Å². The molecule has 0 spiro atoms. The first-order chi connectivity index (χ1) is 6.66. The molecule has 1 N–H and O–H groups in total. The predicted octanol–water partition coefficient (Wildman–Crippen LogP) is 2.22. The van der Waals surface area contributed by atoms with Gasteiger partial charge in [-0.2, -0.15) is 0 Å². The molecule has 1 atom stereocenters. The molecule has 0 aliphatic heterocycles. The van der Waals surface area contributed by atoms with Gasteiger partial charge in [0.1, 0.15) is 0 Å². The maximum absolute atomic E-state index is 9.97. The highest BCUT2D eigenvalue weighted by atomic mass is 28.4. The number of aliphatic hydroxyl groups is 1. The third kappa shape index (κ3) is 3.69. The Morgan fingerprint density at radius 3 is 1.86 bits per heavy atom. The van der Waals surface area contributed by atoms with Crippen LogP contribution in [0.5, 0.6) is 0 Å². The van der Waals surface area contributed by atoms with E-state index in [0.717, 1.165) is 12.5 Å². The normalized spacial score (nSPS) is 14.4. The van der Waals surface area contributed by atoms with Crippen molar-refractivity contribution in [1.29, 1.82) is 0 Å². The maximum Gasteiger partial charge on any atom is 0.367 e. The van der Waals surface area contributed by atoms with Crippen LogP contribution in [0.25, 0.3) is 0 Å². The van der Waals surface area contributed by atoms with Gasteiger partial charge in [0.05, 0.1) is 5.73 Å². The minimum Gasteiger partial charge on any atom is -0.393 e. The van der Waals surface area contributed by atoms with Crippen LogP contribution in [0.3, 0.4) is 0 Å². The van der Waals surface area contributed by atoms with Crippen molar-refractivity contribution in [3.63, 3.8) is 0 Å². The second kappa shape index (κ2) is 7.40. The standard InChI is InChI=1S/C10H24O3Si/c1-5-9-14(12-7-3,13-8-4)10(11)6-2/h10-11H,5-9H2,1-4H3. The summed E-state index contributed by atoms with van der Waals surface area (Å²) < 4.78 is 11.5. The van der Waals surface area contributed by atoms with Crippen LogP contribution in [0.4, 0.5) is 0 Å². The van der Waals surface area contributed by atoms with Gasteiger partial charge in [-0.05, 0) is 26.3 Å². The van der Waals surface area contributed by atoms with Gasteiger partial charge in [-0.3, -0.25) is 0 Å². The van der Waals surface area contributed by atoms with Crippen LogP contribution in [0.15, 0.2) is 0 Å². The van der Waals surface area contributed by atoms with Gasteiger partial charge in [0.15, 0.2) is 0 Å². The summed E-state index contributed by atoms with van der Waals surface area (Å²) in [6.45, 7) is 9.24. The number of rotatable bonds is 8. The lowest BCUT2D eigenvalue weighted by atomic mass is 10.5. The average Bonchev–Trinajstić information content (AvgIpc) is 2.17. The van der Waals surface area contributed by atoms with E-state index in [1.54, 1.807) is 0 Å². The summed E-state index contributed by atoms with van der Waals surface area (Å²) in [5, 5.41) is 9.97. The molecule has 0 saturated carbocycles. The second-order valence-electron chi connectivity index (χ2n) is 3.35. The first-order valence-electron chi connectivity index (χ1n) is 5.62. The Morgan fingerprint density at radius 2 is 1.57 bits per heavy atom. The highest BCUT2D eigenvalue weighted by Gasteiger charge is 2.43. The van der Waals surface area contributed by atoms with Gasteiger partial charge in [-0.15, -0.1) is 0 Å². The van der Waals surface area contributed by atoms with E-state index in [1.165, 1.54) is 0 Å². The Hall–Kier alpha value is 0.0969. The van der Waals surface area contributed by atoms with Crippen molar-refractivity contribution in [2.75, 3.05) is 13.2 Å². The lowest BCUT2D eigenvalue weighted by Crippen LogP contribution is -2.53. The van der Waals surface area contributed by atoms with Crippen LogP contribution >= 0.6 is 0 Å². The lowest BCUT2D eigenvalue weighted by molar-refractivity contribution is 0.108. The average molecular weight is 220 g/mol. The minimum atomic E-state index is -2.34. The van der Waals surface area contributed by atoms with Gasteiger partial charge < -0.3 is 14.0 Å². The van der Waals surface area contributed by atoms with Gasteiger partial charge in [-0.1, -0.05) is 20.3 Å². The summed E-state index contributed by atoms with van der Waals surface area (Å²) >= 11 is 0. The fraction of sp³-hybridized carbons (Fsp3) is 1.00. The Balaban J connectivity index is 4.53. The van der Waals surface area contributed by atoms with Gasteiger partial charge >= 0.3 is 8.56 Å². The van der Waals surface area contributed by atoms with Crippen molar-refractivity contribution >= 4 is 8.56 Å². The van der Waals surface area contributed by atoms with Gasteiger partial charge in [0.25, 0.3) is 0 Å². The van der Waals surface area contributed by atoms with Crippen molar-refractivity contribution < 1.29 is 14.0 Å².